The van der Waals surface area contributed by atoms with Gasteiger partial charge in [0.15, 0.2) is 0 Å². The van der Waals surface area contributed by atoms with E-state index in [1.807, 2.05) is 13.8 Å². The summed E-state index contributed by atoms with van der Waals surface area (Å²) in [5.74, 6) is 0.222. The normalized spacial score (nSPS) is 23.1. The summed E-state index contributed by atoms with van der Waals surface area (Å²) in [6.07, 6.45) is 4.55. The molecule has 0 saturated heterocycles. The number of rotatable bonds is 3. The minimum atomic E-state index is -0.366. The summed E-state index contributed by atoms with van der Waals surface area (Å²) in [5, 5.41) is 3.07. The molecule has 94 valence electrons. The molecule has 1 saturated carbocycles. The Kier molecular flexibility index (Phi) is 4.36. The van der Waals surface area contributed by atoms with Crippen molar-refractivity contribution in [3.05, 3.63) is 0 Å². The first-order valence-electron chi connectivity index (χ1n) is 6.38. The standard InChI is InChI=1S/C13H26N2O/c1-9(2)11(14)12(16)15-10-5-7-13(3,4)8-6-10/h9-11H,5-8,14H2,1-4H3,(H,15,16)/t11-/m1/s1. The molecule has 3 heteroatoms. The van der Waals surface area contributed by atoms with Crippen LogP contribution in [-0.4, -0.2) is 18.0 Å². The van der Waals surface area contributed by atoms with Crippen LogP contribution in [0.15, 0.2) is 0 Å². The first kappa shape index (κ1) is 13.5. The van der Waals surface area contributed by atoms with Crippen molar-refractivity contribution >= 4 is 5.91 Å². The van der Waals surface area contributed by atoms with Gasteiger partial charge in [-0.15, -0.1) is 0 Å². The summed E-state index contributed by atoms with van der Waals surface area (Å²) in [6.45, 7) is 8.55. The quantitative estimate of drug-likeness (QED) is 0.774. The van der Waals surface area contributed by atoms with Gasteiger partial charge in [0.2, 0.25) is 5.91 Å². The highest BCUT2D eigenvalue weighted by atomic mass is 16.2. The second-order valence-corrected chi connectivity index (χ2v) is 6.22. The summed E-state index contributed by atoms with van der Waals surface area (Å²) in [4.78, 5) is 11.8. The molecule has 0 unspecified atom stereocenters. The van der Waals surface area contributed by atoms with Gasteiger partial charge in [0.25, 0.3) is 0 Å². The predicted molar refractivity (Wildman–Crippen MR) is 67.0 cm³/mol. The van der Waals surface area contributed by atoms with Gasteiger partial charge in [-0.2, -0.15) is 0 Å². The predicted octanol–water partition coefficient (Wildman–Crippen LogP) is 2.05. The summed E-state index contributed by atoms with van der Waals surface area (Å²) < 4.78 is 0. The molecule has 1 aliphatic rings. The van der Waals surface area contributed by atoms with Crippen LogP contribution in [0.4, 0.5) is 0 Å². The van der Waals surface area contributed by atoms with E-state index in [1.165, 1.54) is 12.8 Å². The van der Waals surface area contributed by atoms with Gasteiger partial charge in [0, 0.05) is 6.04 Å². The highest BCUT2D eigenvalue weighted by molar-refractivity contribution is 5.82. The van der Waals surface area contributed by atoms with Crippen LogP contribution in [0, 0.1) is 11.3 Å². The fourth-order valence-electron chi connectivity index (χ4n) is 2.14. The Morgan fingerprint density at radius 3 is 2.25 bits per heavy atom. The van der Waals surface area contributed by atoms with Gasteiger partial charge in [-0.25, -0.2) is 0 Å². The van der Waals surface area contributed by atoms with Gasteiger partial charge in [-0.1, -0.05) is 27.7 Å². The Balaban J connectivity index is 2.37. The monoisotopic (exact) mass is 226 g/mol. The average molecular weight is 226 g/mol. The Morgan fingerprint density at radius 1 is 1.31 bits per heavy atom. The van der Waals surface area contributed by atoms with Crippen LogP contribution in [0.1, 0.15) is 53.4 Å². The third-order valence-corrected chi connectivity index (χ3v) is 3.71. The molecular weight excluding hydrogens is 200 g/mol. The fourth-order valence-corrected chi connectivity index (χ4v) is 2.14. The third kappa shape index (κ3) is 3.78. The fraction of sp³-hybridized carbons (Fsp3) is 0.923. The Hall–Kier alpha value is -0.570. The second-order valence-electron chi connectivity index (χ2n) is 6.22. The van der Waals surface area contributed by atoms with Crippen LogP contribution in [-0.2, 0) is 4.79 Å². The van der Waals surface area contributed by atoms with Crippen LogP contribution in [0.5, 0.6) is 0 Å². The van der Waals surface area contributed by atoms with Crippen molar-refractivity contribution in [2.75, 3.05) is 0 Å². The molecular formula is C13H26N2O. The minimum Gasteiger partial charge on any atom is -0.352 e. The SMILES string of the molecule is CC(C)[C@@H](N)C(=O)NC1CCC(C)(C)CC1. The summed E-state index contributed by atoms with van der Waals surface area (Å²) >= 11 is 0. The highest BCUT2D eigenvalue weighted by Crippen LogP contribution is 2.34. The number of nitrogens with one attached hydrogen (secondary N) is 1. The van der Waals surface area contributed by atoms with E-state index in [4.69, 9.17) is 5.73 Å². The molecule has 1 amide bonds. The smallest absolute Gasteiger partial charge is 0.237 e. The molecule has 0 aliphatic heterocycles. The Bertz CT molecular complexity index is 238. The molecule has 16 heavy (non-hydrogen) atoms. The van der Waals surface area contributed by atoms with Gasteiger partial charge in [0.1, 0.15) is 0 Å². The van der Waals surface area contributed by atoms with Crippen molar-refractivity contribution in [2.45, 2.75) is 65.5 Å². The van der Waals surface area contributed by atoms with Gasteiger partial charge in [-0.3, -0.25) is 4.79 Å². The van der Waals surface area contributed by atoms with Crippen molar-refractivity contribution in [3.63, 3.8) is 0 Å². The Labute approximate surface area is 99.2 Å². The largest absolute Gasteiger partial charge is 0.352 e. The van der Waals surface area contributed by atoms with Crippen molar-refractivity contribution < 1.29 is 4.79 Å². The zero-order valence-corrected chi connectivity index (χ0v) is 11.0. The number of hydrogen-bond acceptors (Lipinski definition) is 2. The van der Waals surface area contributed by atoms with Crippen LogP contribution < -0.4 is 11.1 Å². The van der Waals surface area contributed by atoms with Crippen molar-refractivity contribution in [1.29, 1.82) is 0 Å². The summed E-state index contributed by atoms with van der Waals surface area (Å²) in [7, 11) is 0. The number of carbonyl (C=O) groups is 1. The van der Waals surface area contributed by atoms with E-state index in [1.54, 1.807) is 0 Å². The van der Waals surface area contributed by atoms with Crippen LogP contribution in [0.3, 0.4) is 0 Å². The zero-order chi connectivity index (χ0) is 12.3. The molecule has 1 rings (SSSR count). The average Bonchev–Trinajstić information content (AvgIpc) is 2.19. The van der Waals surface area contributed by atoms with E-state index in [9.17, 15) is 4.79 Å². The maximum absolute atomic E-state index is 11.8. The molecule has 0 aromatic rings. The summed E-state index contributed by atoms with van der Waals surface area (Å²) in [5.41, 5.74) is 6.26. The lowest BCUT2D eigenvalue weighted by Gasteiger charge is -2.35. The third-order valence-electron chi connectivity index (χ3n) is 3.71. The highest BCUT2D eigenvalue weighted by Gasteiger charge is 2.28. The number of carbonyl (C=O) groups excluding carboxylic acids is 1. The molecule has 0 spiro atoms. The van der Waals surface area contributed by atoms with Gasteiger partial charge in [-0.05, 0) is 37.0 Å². The topological polar surface area (TPSA) is 55.1 Å². The first-order valence-corrected chi connectivity index (χ1v) is 6.38. The van der Waals surface area contributed by atoms with E-state index in [0.717, 1.165) is 12.8 Å². The molecule has 0 radical (unpaired) electrons. The molecule has 0 heterocycles. The molecule has 0 aromatic heterocycles. The molecule has 1 aliphatic carbocycles. The zero-order valence-electron chi connectivity index (χ0n) is 11.0. The number of amides is 1. The van der Waals surface area contributed by atoms with E-state index in [0.29, 0.717) is 11.5 Å². The molecule has 1 atom stereocenters. The molecule has 3 nitrogen and oxygen atoms in total. The van der Waals surface area contributed by atoms with Crippen LogP contribution >= 0.6 is 0 Å². The molecule has 0 bridgehead atoms. The van der Waals surface area contributed by atoms with E-state index >= 15 is 0 Å². The molecule has 3 N–H and O–H groups in total. The van der Waals surface area contributed by atoms with Gasteiger partial charge in [0.05, 0.1) is 6.04 Å². The minimum absolute atomic E-state index is 0.0136. The van der Waals surface area contributed by atoms with Crippen molar-refractivity contribution in [1.82, 2.24) is 5.32 Å². The maximum atomic E-state index is 11.8. The van der Waals surface area contributed by atoms with Crippen molar-refractivity contribution in [3.8, 4) is 0 Å². The van der Waals surface area contributed by atoms with E-state index in [-0.39, 0.29) is 17.9 Å². The second kappa shape index (κ2) is 5.17. The van der Waals surface area contributed by atoms with E-state index in [2.05, 4.69) is 19.2 Å². The van der Waals surface area contributed by atoms with Crippen LogP contribution in [0.2, 0.25) is 0 Å². The van der Waals surface area contributed by atoms with Crippen LogP contribution in [0.25, 0.3) is 0 Å². The lowest BCUT2D eigenvalue weighted by Crippen LogP contribution is -2.49. The first-order chi connectivity index (χ1) is 7.32. The molecule has 0 aromatic carbocycles. The molecule has 1 fully saturated rings. The van der Waals surface area contributed by atoms with Gasteiger partial charge >= 0.3 is 0 Å². The number of hydrogen-bond donors (Lipinski definition) is 2. The Morgan fingerprint density at radius 2 is 1.81 bits per heavy atom. The summed E-state index contributed by atoms with van der Waals surface area (Å²) in [6, 6.07) is -0.0275. The van der Waals surface area contributed by atoms with Crippen molar-refractivity contribution in [2.24, 2.45) is 17.1 Å². The lowest BCUT2D eigenvalue weighted by atomic mass is 9.75. The lowest BCUT2D eigenvalue weighted by molar-refractivity contribution is -0.124. The van der Waals surface area contributed by atoms with Gasteiger partial charge < -0.3 is 11.1 Å². The van der Waals surface area contributed by atoms with E-state index < -0.39 is 0 Å². The number of nitrogens with two attached hydrogens (primary N) is 1. The maximum Gasteiger partial charge on any atom is 0.237 e.